The summed E-state index contributed by atoms with van der Waals surface area (Å²) in [5.74, 6) is -0.0576. The zero-order valence-corrected chi connectivity index (χ0v) is 16.7. The Kier molecular flexibility index (Phi) is 5.62. The van der Waals surface area contributed by atoms with Gasteiger partial charge in [0.25, 0.3) is 5.91 Å². The normalized spacial score (nSPS) is 15.8. The second-order valence-corrected chi connectivity index (χ2v) is 7.65. The summed E-state index contributed by atoms with van der Waals surface area (Å²) >= 11 is 5.96. The van der Waals surface area contributed by atoms with Gasteiger partial charge in [0.05, 0.1) is 11.3 Å². The minimum Gasteiger partial charge on any atom is -0.351 e. The number of nitrogens with one attached hydrogen (secondary N) is 1. The monoisotopic (exact) mass is 397 g/mol. The molecule has 0 aliphatic carbocycles. The fraction of sp³-hybridized carbons (Fsp3) is 0.333. The molecule has 0 unspecified atom stereocenters. The Balaban J connectivity index is 1.39. The van der Waals surface area contributed by atoms with Crippen LogP contribution in [0, 0.1) is 0 Å². The van der Waals surface area contributed by atoms with Gasteiger partial charge in [0.2, 0.25) is 0 Å². The molecule has 1 aliphatic rings. The van der Waals surface area contributed by atoms with Gasteiger partial charge in [-0.25, -0.2) is 4.98 Å². The second-order valence-electron chi connectivity index (χ2n) is 7.22. The number of rotatable bonds is 5. The molecule has 28 heavy (non-hydrogen) atoms. The standard InChI is InChI=1S/C21H24ClN5O/c1-25-10-12-26(13-11-25)9-8-23-21(28)17-4-7-20-24-19(15-27(20)14-17)16-2-5-18(22)6-3-16/h2-7,14-15H,8-13H2,1H3,(H,23,28). The lowest BCUT2D eigenvalue weighted by molar-refractivity contribution is 0.0940. The average Bonchev–Trinajstić information content (AvgIpc) is 3.13. The average molecular weight is 398 g/mol. The van der Waals surface area contributed by atoms with Crippen LogP contribution in [0.2, 0.25) is 5.02 Å². The van der Waals surface area contributed by atoms with Crippen LogP contribution in [0.3, 0.4) is 0 Å². The van der Waals surface area contributed by atoms with E-state index in [2.05, 4.69) is 27.1 Å². The van der Waals surface area contributed by atoms with Crippen molar-refractivity contribution in [2.75, 3.05) is 46.3 Å². The van der Waals surface area contributed by atoms with Crippen LogP contribution in [0.1, 0.15) is 10.4 Å². The maximum atomic E-state index is 12.5. The summed E-state index contributed by atoms with van der Waals surface area (Å²) in [6, 6.07) is 11.3. The van der Waals surface area contributed by atoms with Crippen LogP contribution < -0.4 is 5.32 Å². The fourth-order valence-corrected chi connectivity index (χ4v) is 3.51. The van der Waals surface area contributed by atoms with E-state index in [9.17, 15) is 4.79 Å². The first-order valence-corrected chi connectivity index (χ1v) is 9.90. The molecule has 1 N–H and O–H groups in total. The zero-order valence-electron chi connectivity index (χ0n) is 15.9. The van der Waals surface area contributed by atoms with Crippen molar-refractivity contribution in [3.8, 4) is 11.3 Å². The Morgan fingerprint density at radius 3 is 2.57 bits per heavy atom. The van der Waals surface area contributed by atoms with Crippen molar-refractivity contribution in [2.24, 2.45) is 0 Å². The number of amides is 1. The van der Waals surface area contributed by atoms with Crippen LogP contribution in [0.5, 0.6) is 0 Å². The third kappa shape index (κ3) is 4.35. The predicted molar refractivity (Wildman–Crippen MR) is 112 cm³/mol. The number of carbonyl (C=O) groups is 1. The van der Waals surface area contributed by atoms with Crippen LogP contribution in [0.25, 0.3) is 16.9 Å². The van der Waals surface area contributed by atoms with Crippen molar-refractivity contribution in [1.29, 1.82) is 0 Å². The summed E-state index contributed by atoms with van der Waals surface area (Å²) in [4.78, 5) is 21.8. The summed E-state index contributed by atoms with van der Waals surface area (Å²) in [5, 5.41) is 3.72. The molecule has 0 atom stereocenters. The smallest absolute Gasteiger partial charge is 0.252 e. The molecule has 7 heteroatoms. The lowest BCUT2D eigenvalue weighted by Gasteiger charge is -2.32. The van der Waals surface area contributed by atoms with Crippen LogP contribution >= 0.6 is 11.6 Å². The number of pyridine rings is 1. The van der Waals surface area contributed by atoms with E-state index in [-0.39, 0.29) is 5.91 Å². The number of carbonyl (C=O) groups excluding carboxylic acids is 1. The van der Waals surface area contributed by atoms with Gasteiger partial charge in [0.1, 0.15) is 5.65 Å². The highest BCUT2D eigenvalue weighted by atomic mass is 35.5. The van der Waals surface area contributed by atoms with Gasteiger partial charge in [-0.2, -0.15) is 0 Å². The Bertz CT molecular complexity index is 961. The predicted octanol–water partition coefficient (Wildman–Crippen LogP) is 2.63. The number of piperazine rings is 1. The minimum absolute atomic E-state index is 0.0576. The molecule has 0 saturated carbocycles. The van der Waals surface area contributed by atoms with Crippen LogP contribution in [0.4, 0.5) is 0 Å². The number of likely N-dealkylation sites (N-methyl/N-ethyl adjacent to an activating group) is 1. The molecule has 0 radical (unpaired) electrons. The first-order valence-electron chi connectivity index (χ1n) is 9.52. The van der Waals surface area contributed by atoms with Crippen molar-refractivity contribution in [3.63, 3.8) is 0 Å². The Morgan fingerprint density at radius 1 is 1.07 bits per heavy atom. The number of hydrogen-bond acceptors (Lipinski definition) is 4. The van der Waals surface area contributed by atoms with Crippen molar-refractivity contribution in [1.82, 2.24) is 24.5 Å². The number of nitrogens with zero attached hydrogens (tertiary/aromatic N) is 4. The molecular weight excluding hydrogens is 374 g/mol. The molecule has 3 heterocycles. The number of hydrogen-bond donors (Lipinski definition) is 1. The van der Waals surface area contributed by atoms with Crippen LogP contribution in [-0.4, -0.2) is 71.4 Å². The summed E-state index contributed by atoms with van der Waals surface area (Å²) < 4.78 is 1.89. The van der Waals surface area contributed by atoms with Gasteiger partial charge in [-0.3, -0.25) is 9.69 Å². The molecule has 1 amide bonds. The van der Waals surface area contributed by atoms with E-state index in [0.29, 0.717) is 17.1 Å². The second kappa shape index (κ2) is 8.31. The van der Waals surface area contributed by atoms with E-state index >= 15 is 0 Å². The van der Waals surface area contributed by atoms with Gasteiger partial charge in [-0.1, -0.05) is 23.7 Å². The van der Waals surface area contributed by atoms with E-state index < -0.39 is 0 Å². The van der Waals surface area contributed by atoms with E-state index in [1.807, 2.05) is 53.2 Å². The Hall–Kier alpha value is -2.41. The number of aromatic nitrogens is 2. The molecule has 0 bridgehead atoms. The highest BCUT2D eigenvalue weighted by Crippen LogP contribution is 2.21. The first kappa shape index (κ1) is 18.9. The largest absolute Gasteiger partial charge is 0.351 e. The minimum atomic E-state index is -0.0576. The first-order chi connectivity index (χ1) is 13.6. The third-order valence-corrected chi connectivity index (χ3v) is 5.41. The van der Waals surface area contributed by atoms with E-state index in [4.69, 9.17) is 11.6 Å². The molecule has 1 saturated heterocycles. The quantitative estimate of drug-likeness (QED) is 0.719. The van der Waals surface area contributed by atoms with Gasteiger partial charge in [-0.05, 0) is 31.3 Å². The molecule has 2 aromatic heterocycles. The molecule has 1 fully saturated rings. The molecule has 4 rings (SSSR count). The van der Waals surface area contributed by atoms with Crippen LogP contribution in [0.15, 0.2) is 48.8 Å². The van der Waals surface area contributed by atoms with Crippen LogP contribution in [-0.2, 0) is 0 Å². The molecule has 6 nitrogen and oxygen atoms in total. The Labute approximate surface area is 169 Å². The van der Waals surface area contributed by atoms with Crippen molar-refractivity contribution in [3.05, 3.63) is 59.4 Å². The lowest BCUT2D eigenvalue weighted by atomic mass is 10.2. The van der Waals surface area contributed by atoms with Gasteiger partial charge >= 0.3 is 0 Å². The lowest BCUT2D eigenvalue weighted by Crippen LogP contribution is -2.46. The zero-order chi connectivity index (χ0) is 19.5. The van der Waals surface area contributed by atoms with E-state index in [1.54, 1.807) is 0 Å². The molecule has 1 aromatic carbocycles. The number of benzene rings is 1. The molecule has 3 aromatic rings. The molecular formula is C21H24ClN5O. The SMILES string of the molecule is CN1CCN(CCNC(=O)c2ccc3nc(-c4ccc(Cl)cc4)cn3c2)CC1. The van der Waals surface area contributed by atoms with Crippen molar-refractivity contribution in [2.45, 2.75) is 0 Å². The van der Waals surface area contributed by atoms with Gasteiger partial charge in [-0.15, -0.1) is 0 Å². The molecule has 1 aliphatic heterocycles. The summed E-state index contributed by atoms with van der Waals surface area (Å²) in [6.45, 7) is 5.82. The summed E-state index contributed by atoms with van der Waals surface area (Å²) in [6.07, 6.45) is 3.76. The highest BCUT2D eigenvalue weighted by Gasteiger charge is 2.14. The number of fused-ring (bicyclic) bond motifs is 1. The number of halogens is 1. The summed E-state index contributed by atoms with van der Waals surface area (Å²) in [7, 11) is 2.14. The van der Waals surface area contributed by atoms with Gasteiger partial charge in [0.15, 0.2) is 0 Å². The molecule has 0 spiro atoms. The van der Waals surface area contributed by atoms with Crippen molar-refractivity contribution >= 4 is 23.2 Å². The highest BCUT2D eigenvalue weighted by molar-refractivity contribution is 6.30. The summed E-state index contributed by atoms with van der Waals surface area (Å²) in [5.41, 5.74) is 3.28. The van der Waals surface area contributed by atoms with E-state index in [0.717, 1.165) is 49.6 Å². The van der Waals surface area contributed by atoms with Crippen molar-refractivity contribution < 1.29 is 4.79 Å². The maximum Gasteiger partial charge on any atom is 0.252 e. The van der Waals surface area contributed by atoms with E-state index in [1.165, 1.54) is 0 Å². The maximum absolute atomic E-state index is 12.5. The third-order valence-electron chi connectivity index (χ3n) is 5.16. The Morgan fingerprint density at radius 2 is 1.82 bits per heavy atom. The molecule has 146 valence electrons. The topological polar surface area (TPSA) is 52.9 Å². The van der Waals surface area contributed by atoms with Gasteiger partial charge < -0.3 is 14.6 Å². The van der Waals surface area contributed by atoms with Gasteiger partial charge in [0, 0.05) is 62.2 Å². The fourth-order valence-electron chi connectivity index (χ4n) is 3.39. The number of imidazole rings is 1.